The van der Waals surface area contributed by atoms with Crippen LogP contribution >= 0.6 is 0 Å². The van der Waals surface area contributed by atoms with E-state index >= 15 is 0 Å². The maximum Gasteiger partial charge on any atom is 0.198 e. The molecule has 146 valence electrons. The monoisotopic (exact) mass is 384 g/mol. The molecule has 0 saturated carbocycles. The van der Waals surface area contributed by atoms with Gasteiger partial charge in [0, 0.05) is 41.7 Å². The Balaban J connectivity index is 1.48. The summed E-state index contributed by atoms with van der Waals surface area (Å²) in [7, 11) is 0. The Labute approximate surface area is 170 Å². The third-order valence-corrected chi connectivity index (χ3v) is 5.08. The molecule has 0 amide bonds. The number of aryl methyl sites for hydroxylation is 2. The van der Waals surface area contributed by atoms with Gasteiger partial charge < -0.3 is 15.4 Å². The highest BCUT2D eigenvalue weighted by atomic mass is 16.3. The molecule has 0 unspecified atom stereocenters. The van der Waals surface area contributed by atoms with Crippen LogP contribution in [0.25, 0.3) is 10.9 Å². The van der Waals surface area contributed by atoms with Crippen LogP contribution < -0.4 is 5.32 Å². The molecule has 4 rings (SSSR count). The molecule has 0 aliphatic carbocycles. The lowest BCUT2D eigenvalue weighted by molar-refractivity contribution is 0.457. The van der Waals surface area contributed by atoms with Gasteiger partial charge in [-0.05, 0) is 73.4 Å². The number of aromatic nitrogens is 2. The van der Waals surface area contributed by atoms with Gasteiger partial charge in [0.25, 0.3) is 0 Å². The fourth-order valence-electron chi connectivity index (χ4n) is 3.52. The second-order valence-corrected chi connectivity index (χ2v) is 7.17. The van der Waals surface area contributed by atoms with Crippen molar-refractivity contribution in [2.45, 2.75) is 20.3 Å². The smallest absolute Gasteiger partial charge is 0.198 e. The quantitative estimate of drug-likeness (QED) is 0.395. The van der Waals surface area contributed by atoms with Crippen molar-refractivity contribution in [1.29, 1.82) is 0 Å². The third kappa shape index (κ3) is 4.14. The zero-order chi connectivity index (χ0) is 20.2. The van der Waals surface area contributed by atoms with Crippen LogP contribution in [0.15, 0.2) is 65.9 Å². The van der Waals surface area contributed by atoms with Crippen LogP contribution in [0.1, 0.15) is 22.3 Å². The zero-order valence-corrected chi connectivity index (χ0v) is 16.6. The lowest BCUT2D eigenvalue weighted by Gasteiger charge is -2.10. The van der Waals surface area contributed by atoms with Gasteiger partial charge in [0.2, 0.25) is 0 Å². The largest absolute Gasteiger partial charge is 0.494 e. The van der Waals surface area contributed by atoms with E-state index in [2.05, 4.69) is 33.3 Å². The molecule has 0 saturated heterocycles. The summed E-state index contributed by atoms with van der Waals surface area (Å²) in [6, 6.07) is 16.1. The molecule has 0 bridgehead atoms. The van der Waals surface area contributed by atoms with E-state index in [4.69, 9.17) is 0 Å². The van der Waals surface area contributed by atoms with Crippen LogP contribution in [0.2, 0.25) is 0 Å². The second-order valence-electron chi connectivity index (χ2n) is 7.17. The number of pyridine rings is 1. The van der Waals surface area contributed by atoms with Crippen molar-refractivity contribution in [1.82, 2.24) is 9.97 Å². The molecule has 0 radical (unpaired) electrons. The minimum atomic E-state index is 0.143. The maximum atomic E-state index is 10.3. The lowest BCUT2D eigenvalue weighted by atomic mass is 10.1. The van der Waals surface area contributed by atoms with Gasteiger partial charge in [-0.3, -0.25) is 9.98 Å². The number of nitrogens with one attached hydrogen (secondary N) is 2. The molecule has 29 heavy (non-hydrogen) atoms. The highest BCUT2D eigenvalue weighted by Gasteiger charge is 2.10. The predicted octanol–water partition coefficient (Wildman–Crippen LogP) is 5.29. The van der Waals surface area contributed by atoms with Crippen molar-refractivity contribution in [2.75, 3.05) is 11.9 Å². The molecular formula is C24H24N4O. The summed E-state index contributed by atoms with van der Waals surface area (Å²) in [6.45, 7) is 4.96. The standard InChI is InChI=1S/C24H24N4O/c1-16-4-3-5-22-23(16)20(24(29)28-22)15-27-19-6-7-21(17(2)14-19)26-13-10-18-8-11-25-12-9-18/h3-9,11-12,14-15,26,28-29H,10,13H2,1-2H3. The van der Waals surface area contributed by atoms with E-state index in [1.54, 1.807) is 6.21 Å². The number of hydrogen-bond acceptors (Lipinski definition) is 4. The number of hydrogen-bond donors (Lipinski definition) is 3. The van der Waals surface area contributed by atoms with E-state index in [-0.39, 0.29) is 5.88 Å². The molecule has 0 atom stereocenters. The van der Waals surface area contributed by atoms with Crippen molar-refractivity contribution in [2.24, 2.45) is 4.99 Å². The summed E-state index contributed by atoms with van der Waals surface area (Å²) in [5, 5.41) is 14.7. The highest BCUT2D eigenvalue weighted by Crippen LogP contribution is 2.29. The van der Waals surface area contributed by atoms with Gasteiger partial charge in [-0.1, -0.05) is 12.1 Å². The molecule has 4 aromatic rings. The number of anilines is 1. The molecule has 5 heteroatoms. The summed E-state index contributed by atoms with van der Waals surface area (Å²) < 4.78 is 0. The first-order valence-electron chi connectivity index (χ1n) is 9.69. The van der Waals surface area contributed by atoms with Gasteiger partial charge in [-0.25, -0.2) is 0 Å². The Morgan fingerprint density at radius 3 is 2.69 bits per heavy atom. The average molecular weight is 384 g/mol. The SMILES string of the molecule is Cc1cc(N=Cc2c(O)[nH]c3cccc(C)c23)ccc1NCCc1ccncc1. The second kappa shape index (κ2) is 8.19. The van der Waals surface area contributed by atoms with Gasteiger partial charge in [-0.15, -0.1) is 0 Å². The minimum absolute atomic E-state index is 0.143. The average Bonchev–Trinajstić information content (AvgIpc) is 3.05. The molecule has 0 aliphatic rings. The predicted molar refractivity (Wildman–Crippen MR) is 120 cm³/mol. The molecule has 3 N–H and O–H groups in total. The number of fused-ring (bicyclic) bond motifs is 1. The number of benzene rings is 2. The number of nitrogens with zero attached hydrogens (tertiary/aromatic N) is 2. The summed E-state index contributed by atoms with van der Waals surface area (Å²) in [4.78, 5) is 11.6. The van der Waals surface area contributed by atoms with Gasteiger partial charge >= 0.3 is 0 Å². The van der Waals surface area contributed by atoms with Gasteiger partial charge in [0.1, 0.15) is 0 Å². The maximum absolute atomic E-state index is 10.3. The van der Waals surface area contributed by atoms with E-state index in [0.29, 0.717) is 0 Å². The topological polar surface area (TPSA) is 73.3 Å². The molecule has 0 spiro atoms. The van der Waals surface area contributed by atoms with E-state index in [9.17, 15) is 5.11 Å². The van der Waals surface area contributed by atoms with Crippen LogP contribution in [-0.4, -0.2) is 27.8 Å². The summed E-state index contributed by atoms with van der Waals surface area (Å²) in [6.07, 6.45) is 6.31. The van der Waals surface area contributed by atoms with Crippen molar-refractivity contribution < 1.29 is 5.11 Å². The van der Waals surface area contributed by atoms with Crippen LogP contribution in [0.5, 0.6) is 5.88 Å². The van der Waals surface area contributed by atoms with Crippen LogP contribution in [0.3, 0.4) is 0 Å². The molecule has 0 aliphatic heterocycles. The first-order chi connectivity index (χ1) is 14.1. The van der Waals surface area contributed by atoms with Crippen molar-refractivity contribution >= 4 is 28.5 Å². The zero-order valence-electron chi connectivity index (χ0n) is 16.6. The fraction of sp³-hybridized carbons (Fsp3) is 0.167. The van der Waals surface area contributed by atoms with Crippen molar-refractivity contribution in [3.05, 3.63) is 83.2 Å². The fourth-order valence-corrected chi connectivity index (χ4v) is 3.52. The number of aromatic hydroxyl groups is 1. The number of aliphatic imine (C=N–C) groups is 1. The first kappa shape index (κ1) is 18.7. The third-order valence-electron chi connectivity index (χ3n) is 5.08. The first-order valence-corrected chi connectivity index (χ1v) is 9.69. The van der Waals surface area contributed by atoms with Gasteiger partial charge in [-0.2, -0.15) is 0 Å². The Hall–Kier alpha value is -3.60. The molecular weight excluding hydrogens is 360 g/mol. The van der Waals surface area contributed by atoms with E-state index in [1.807, 2.05) is 61.8 Å². The van der Waals surface area contributed by atoms with E-state index < -0.39 is 0 Å². The van der Waals surface area contributed by atoms with Gasteiger partial charge in [0.05, 0.1) is 11.3 Å². The van der Waals surface area contributed by atoms with Crippen molar-refractivity contribution in [3.63, 3.8) is 0 Å². The highest BCUT2D eigenvalue weighted by molar-refractivity contribution is 6.04. The Kier molecular flexibility index (Phi) is 5.29. The Bertz CT molecular complexity index is 1160. The van der Waals surface area contributed by atoms with Crippen LogP contribution in [0.4, 0.5) is 11.4 Å². The normalized spacial score (nSPS) is 11.4. The Morgan fingerprint density at radius 1 is 1.07 bits per heavy atom. The summed E-state index contributed by atoms with van der Waals surface area (Å²) in [5.74, 6) is 0.143. The van der Waals surface area contributed by atoms with Crippen molar-refractivity contribution in [3.8, 4) is 5.88 Å². The molecule has 0 fully saturated rings. The van der Waals surface area contributed by atoms with E-state index in [0.717, 1.165) is 51.9 Å². The lowest BCUT2D eigenvalue weighted by Crippen LogP contribution is -2.05. The van der Waals surface area contributed by atoms with E-state index in [1.165, 1.54) is 5.56 Å². The molecule has 5 nitrogen and oxygen atoms in total. The molecule has 2 aromatic carbocycles. The Morgan fingerprint density at radius 2 is 1.90 bits per heavy atom. The number of rotatable bonds is 6. The summed E-state index contributed by atoms with van der Waals surface area (Å²) >= 11 is 0. The van der Waals surface area contributed by atoms with Crippen LogP contribution in [-0.2, 0) is 6.42 Å². The number of H-pyrrole nitrogens is 1. The number of aromatic amines is 1. The van der Waals surface area contributed by atoms with Gasteiger partial charge in [0.15, 0.2) is 5.88 Å². The molecule has 2 heterocycles. The van der Waals surface area contributed by atoms with Crippen LogP contribution in [0, 0.1) is 13.8 Å². The summed E-state index contributed by atoms with van der Waals surface area (Å²) in [5.41, 5.74) is 7.08. The molecule has 2 aromatic heterocycles. The minimum Gasteiger partial charge on any atom is -0.494 e.